The third kappa shape index (κ3) is 7.50. The smallest absolute Gasteiger partial charge is 0.413 e. The van der Waals surface area contributed by atoms with Crippen molar-refractivity contribution < 1.29 is 19.1 Å². The maximum atomic E-state index is 11.6. The molecule has 118 valence electrons. The molecule has 0 fully saturated rings. The number of nitrogens with zero attached hydrogens (tertiary/aromatic N) is 1. The normalized spacial score (nSPS) is 11.7. The number of aromatic nitrogens is 1. The third-order valence-corrected chi connectivity index (χ3v) is 2.57. The van der Waals surface area contributed by atoms with Gasteiger partial charge in [-0.1, -0.05) is 11.3 Å². The van der Waals surface area contributed by atoms with Gasteiger partial charge < -0.3 is 9.47 Å². The summed E-state index contributed by atoms with van der Waals surface area (Å²) in [7, 11) is 0. The quantitative estimate of drug-likeness (QED) is 0.865. The Hall–Kier alpha value is -1.83. The van der Waals surface area contributed by atoms with Gasteiger partial charge in [0.1, 0.15) is 16.2 Å². The number of hydrogen-bond acceptors (Lipinski definition) is 6. The van der Waals surface area contributed by atoms with Gasteiger partial charge in [-0.05, 0) is 41.5 Å². The molecule has 1 aromatic rings. The van der Waals surface area contributed by atoms with Gasteiger partial charge in [0.25, 0.3) is 0 Å². The molecule has 0 radical (unpaired) electrons. The van der Waals surface area contributed by atoms with Crippen LogP contribution in [0.3, 0.4) is 0 Å². The van der Waals surface area contributed by atoms with Gasteiger partial charge in [0.2, 0.25) is 0 Å². The predicted molar refractivity (Wildman–Crippen MR) is 81.8 cm³/mol. The number of rotatable bonds is 2. The molecular formula is C13H21N3O4S. The zero-order valence-electron chi connectivity index (χ0n) is 13.1. The minimum atomic E-state index is -0.597. The van der Waals surface area contributed by atoms with Crippen LogP contribution in [0.1, 0.15) is 41.5 Å². The number of carbonyl (C=O) groups excluding carboxylic acids is 2. The van der Waals surface area contributed by atoms with E-state index in [4.69, 9.17) is 9.47 Å². The van der Waals surface area contributed by atoms with E-state index in [1.54, 1.807) is 41.5 Å². The Bertz CT molecular complexity index is 470. The molecule has 1 aromatic heterocycles. The lowest BCUT2D eigenvalue weighted by molar-refractivity contribution is 0.0625. The number of carbonyl (C=O) groups is 2. The van der Waals surface area contributed by atoms with Crippen LogP contribution in [0.2, 0.25) is 0 Å². The fraction of sp³-hybridized carbons (Fsp3) is 0.615. The molecule has 0 saturated carbocycles. The predicted octanol–water partition coefficient (Wildman–Crippen LogP) is 3.84. The van der Waals surface area contributed by atoms with Crippen molar-refractivity contribution in [3.05, 3.63) is 6.20 Å². The molecule has 2 N–H and O–H groups in total. The molecule has 7 nitrogen and oxygen atoms in total. The zero-order valence-corrected chi connectivity index (χ0v) is 13.9. The van der Waals surface area contributed by atoms with E-state index >= 15 is 0 Å². The largest absolute Gasteiger partial charge is 0.444 e. The van der Waals surface area contributed by atoms with E-state index in [0.29, 0.717) is 10.1 Å². The molecule has 0 aliphatic rings. The molecular weight excluding hydrogens is 294 g/mol. The third-order valence-electron chi connectivity index (χ3n) is 1.74. The lowest BCUT2D eigenvalue weighted by Gasteiger charge is -2.19. The molecule has 1 rings (SSSR count). The Morgan fingerprint density at radius 1 is 1.00 bits per heavy atom. The van der Waals surface area contributed by atoms with E-state index in [1.807, 2.05) is 0 Å². The number of amides is 2. The van der Waals surface area contributed by atoms with Crippen molar-refractivity contribution in [2.45, 2.75) is 52.7 Å². The van der Waals surface area contributed by atoms with Crippen molar-refractivity contribution in [3.63, 3.8) is 0 Å². The monoisotopic (exact) mass is 315 g/mol. The van der Waals surface area contributed by atoms with Gasteiger partial charge in [-0.2, -0.15) is 0 Å². The summed E-state index contributed by atoms with van der Waals surface area (Å²) in [5.74, 6) is 0. The van der Waals surface area contributed by atoms with E-state index in [2.05, 4.69) is 15.6 Å². The van der Waals surface area contributed by atoms with Crippen LogP contribution >= 0.6 is 11.3 Å². The van der Waals surface area contributed by atoms with Crippen LogP contribution in [0.5, 0.6) is 0 Å². The Morgan fingerprint density at radius 3 is 1.95 bits per heavy atom. The Labute approximate surface area is 128 Å². The molecule has 0 aliphatic heterocycles. The van der Waals surface area contributed by atoms with Crippen molar-refractivity contribution in [2.24, 2.45) is 0 Å². The number of anilines is 2. The highest BCUT2D eigenvalue weighted by Gasteiger charge is 2.19. The van der Waals surface area contributed by atoms with Crippen LogP contribution in [0, 0.1) is 0 Å². The molecule has 21 heavy (non-hydrogen) atoms. The van der Waals surface area contributed by atoms with Crippen molar-refractivity contribution in [1.82, 2.24) is 4.98 Å². The molecule has 0 bridgehead atoms. The fourth-order valence-corrected chi connectivity index (χ4v) is 1.87. The second-order valence-corrected chi connectivity index (χ2v) is 7.31. The standard InChI is InChI=1S/C13H21N3O4S/c1-12(2,3)19-10(17)15-8-7-14-9(21-8)16-11(18)20-13(4,5)6/h7H,1-6H3,(H,15,17)(H,14,16,18). The Morgan fingerprint density at radius 2 is 1.48 bits per heavy atom. The molecule has 2 amide bonds. The van der Waals surface area contributed by atoms with Crippen LogP contribution in [-0.2, 0) is 9.47 Å². The highest BCUT2D eigenvalue weighted by Crippen LogP contribution is 2.24. The fourth-order valence-electron chi connectivity index (χ4n) is 1.18. The van der Waals surface area contributed by atoms with E-state index in [-0.39, 0.29) is 0 Å². The maximum Gasteiger partial charge on any atom is 0.413 e. The van der Waals surface area contributed by atoms with Gasteiger partial charge in [0, 0.05) is 0 Å². The summed E-state index contributed by atoms with van der Waals surface area (Å²) >= 11 is 1.11. The van der Waals surface area contributed by atoms with E-state index < -0.39 is 23.4 Å². The van der Waals surface area contributed by atoms with Gasteiger partial charge in [0.05, 0.1) is 6.20 Å². The second kappa shape index (κ2) is 6.30. The van der Waals surface area contributed by atoms with Gasteiger partial charge >= 0.3 is 12.2 Å². The minimum absolute atomic E-state index is 0.329. The maximum absolute atomic E-state index is 11.6. The lowest BCUT2D eigenvalue weighted by Crippen LogP contribution is -2.27. The topological polar surface area (TPSA) is 89.5 Å². The first-order valence-electron chi connectivity index (χ1n) is 6.40. The van der Waals surface area contributed by atoms with Gasteiger partial charge in [-0.3, -0.25) is 10.6 Å². The summed E-state index contributed by atoms with van der Waals surface area (Å²) in [5, 5.41) is 5.83. The first-order valence-corrected chi connectivity index (χ1v) is 7.22. The molecule has 0 aliphatic carbocycles. The summed E-state index contributed by atoms with van der Waals surface area (Å²) in [6.45, 7) is 10.6. The number of thiazole rings is 1. The van der Waals surface area contributed by atoms with Crippen molar-refractivity contribution >= 4 is 33.7 Å². The lowest BCUT2D eigenvalue weighted by atomic mass is 10.2. The molecule has 0 unspecified atom stereocenters. The highest BCUT2D eigenvalue weighted by molar-refractivity contribution is 7.19. The number of ether oxygens (including phenoxy) is 2. The summed E-state index contributed by atoms with van der Waals surface area (Å²) in [6, 6.07) is 0. The summed E-state index contributed by atoms with van der Waals surface area (Å²) in [6.07, 6.45) is 0.261. The number of nitrogens with one attached hydrogen (secondary N) is 2. The highest BCUT2D eigenvalue weighted by atomic mass is 32.1. The molecule has 0 aromatic carbocycles. The van der Waals surface area contributed by atoms with Crippen LogP contribution in [-0.4, -0.2) is 28.4 Å². The van der Waals surface area contributed by atoms with E-state index in [1.165, 1.54) is 6.20 Å². The van der Waals surface area contributed by atoms with Crippen LogP contribution in [0.25, 0.3) is 0 Å². The van der Waals surface area contributed by atoms with Crippen LogP contribution in [0.15, 0.2) is 6.20 Å². The SMILES string of the molecule is CC(C)(C)OC(=O)Nc1cnc(NC(=O)OC(C)(C)C)s1. The minimum Gasteiger partial charge on any atom is -0.444 e. The first kappa shape index (κ1) is 17.2. The average Bonchev–Trinajstić information content (AvgIpc) is 2.58. The van der Waals surface area contributed by atoms with E-state index in [0.717, 1.165) is 11.3 Å². The zero-order chi connectivity index (χ0) is 16.3. The Balaban J connectivity index is 2.54. The molecule has 0 saturated heterocycles. The molecule has 1 heterocycles. The molecule has 0 spiro atoms. The number of hydrogen-bond donors (Lipinski definition) is 2. The second-order valence-electron chi connectivity index (χ2n) is 6.28. The molecule has 8 heteroatoms. The average molecular weight is 315 g/mol. The summed E-state index contributed by atoms with van der Waals surface area (Å²) in [4.78, 5) is 27.1. The van der Waals surface area contributed by atoms with Crippen LogP contribution in [0.4, 0.5) is 19.7 Å². The van der Waals surface area contributed by atoms with Crippen LogP contribution < -0.4 is 10.6 Å². The van der Waals surface area contributed by atoms with E-state index in [9.17, 15) is 9.59 Å². The van der Waals surface area contributed by atoms with Gasteiger partial charge in [-0.15, -0.1) is 0 Å². The molecule has 0 atom stereocenters. The van der Waals surface area contributed by atoms with Crippen molar-refractivity contribution in [1.29, 1.82) is 0 Å². The first-order chi connectivity index (χ1) is 9.44. The van der Waals surface area contributed by atoms with Crippen molar-refractivity contribution in [2.75, 3.05) is 10.6 Å². The summed E-state index contributed by atoms with van der Waals surface area (Å²) in [5.41, 5.74) is -1.16. The summed E-state index contributed by atoms with van der Waals surface area (Å²) < 4.78 is 10.2. The van der Waals surface area contributed by atoms with Crippen molar-refractivity contribution in [3.8, 4) is 0 Å². The van der Waals surface area contributed by atoms with Gasteiger partial charge in [0.15, 0.2) is 5.13 Å². The Kier molecular flexibility index (Phi) is 5.16. The van der Waals surface area contributed by atoms with Gasteiger partial charge in [-0.25, -0.2) is 14.6 Å².